The van der Waals surface area contributed by atoms with Crippen molar-refractivity contribution in [3.8, 4) is 0 Å². The molecule has 0 fully saturated rings. The van der Waals surface area contributed by atoms with E-state index in [1.54, 1.807) is 0 Å². The minimum Gasteiger partial charge on any atom is -0.462 e. The van der Waals surface area contributed by atoms with Crippen LogP contribution in [0.3, 0.4) is 0 Å². The highest BCUT2D eigenvalue weighted by molar-refractivity contribution is 7.47. The molecule has 3 unspecified atom stereocenters. The molecule has 0 aliphatic heterocycles. The molecule has 6 atom stereocenters. The Hall–Kier alpha value is -1.94. The molecule has 0 aliphatic carbocycles. The summed E-state index contributed by atoms with van der Waals surface area (Å²) < 4.78 is 68.2. The molecule has 0 aliphatic rings. The van der Waals surface area contributed by atoms with Gasteiger partial charge in [0.05, 0.1) is 26.4 Å². The molecule has 0 aromatic rings. The molecule has 0 bridgehead atoms. The number of ether oxygens (including phenoxy) is 4. The SMILES string of the molecule is CCC(C)CCCCCCCCC(=O)OC[C@H](COP(=O)(O)OC[C@H](O)COP(=O)(O)OC[C@@H](COC(=O)CCCCCCCCCC(C)C)OC(=O)CCCCCCCCCCCCCCCCC(C)C)OC(=O)CCCCCCCCCCC(C)C. The van der Waals surface area contributed by atoms with Crippen LogP contribution in [0.15, 0.2) is 0 Å². The van der Waals surface area contributed by atoms with Gasteiger partial charge in [-0.3, -0.25) is 37.3 Å². The number of hydrogen-bond donors (Lipinski definition) is 3. The Morgan fingerprint density at radius 1 is 0.318 bits per heavy atom. The minimum atomic E-state index is -4.95. The Morgan fingerprint density at radius 2 is 0.545 bits per heavy atom. The summed E-state index contributed by atoms with van der Waals surface area (Å²) in [5.41, 5.74) is 0. The second-order valence-corrected chi connectivity index (χ2v) is 29.5. The highest BCUT2D eigenvalue weighted by atomic mass is 31.2. The Balaban J connectivity index is 5.23. The van der Waals surface area contributed by atoms with E-state index >= 15 is 0 Å². The van der Waals surface area contributed by atoms with Gasteiger partial charge in [0.2, 0.25) is 0 Å². The lowest BCUT2D eigenvalue weighted by molar-refractivity contribution is -0.161. The number of unbranched alkanes of at least 4 members (excludes halogenated alkanes) is 31. The first-order valence-corrected chi connectivity index (χ1v) is 38.7. The van der Waals surface area contributed by atoms with E-state index in [9.17, 15) is 43.2 Å². The van der Waals surface area contributed by atoms with Gasteiger partial charge in [-0.2, -0.15) is 0 Å². The Labute approximate surface area is 537 Å². The Kier molecular flexibility index (Phi) is 57.6. The molecule has 17 nitrogen and oxygen atoms in total. The predicted molar refractivity (Wildman–Crippen MR) is 354 cm³/mol. The standard InChI is InChI=1S/C69H134O17P2/c1-9-62(8)48-40-32-27-28-34-42-50-67(72)80-56-65(86-69(74)52-44-36-25-19-18-22-30-38-46-60(4)5)58-84-88(77,78)82-54-63(70)53-81-87(75,76)83-57-64(55-79-66(71)49-41-33-26-20-23-31-39-47-61(6)7)85-68(73)51-43-35-24-17-15-13-11-10-12-14-16-21-29-37-45-59(2)3/h59-65,70H,9-58H2,1-8H3,(H,75,76)(H,77,78)/t62?,63-,64-,65-/m1/s1. The minimum absolute atomic E-state index is 0.103. The number of aliphatic hydroxyl groups excluding tert-OH is 1. The first kappa shape index (κ1) is 86.1. The monoisotopic (exact) mass is 1300 g/mol. The van der Waals surface area contributed by atoms with Gasteiger partial charge in [-0.25, -0.2) is 9.13 Å². The molecule has 0 rings (SSSR count). The van der Waals surface area contributed by atoms with E-state index in [2.05, 4.69) is 55.4 Å². The van der Waals surface area contributed by atoms with Crippen LogP contribution in [0.5, 0.6) is 0 Å². The van der Waals surface area contributed by atoms with Crippen LogP contribution in [0.2, 0.25) is 0 Å². The van der Waals surface area contributed by atoms with Crippen LogP contribution in [-0.4, -0.2) is 96.7 Å². The maximum absolute atomic E-state index is 13.0. The molecule has 522 valence electrons. The van der Waals surface area contributed by atoms with E-state index in [1.165, 1.54) is 128 Å². The first-order valence-electron chi connectivity index (χ1n) is 35.7. The fraction of sp³-hybridized carbons (Fsp3) is 0.942. The van der Waals surface area contributed by atoms with Crippen LogP contribution in [0.1, 0.15) is 338 Å². The van der Waals surface area contributed by atoms with Crippen molar-refractivity contribution in [2.45, 2.75) is 356 Å². The lowest BCUT2D eigenvalue weighted by Crippen LogP contribution is -2.30. The zero-order valence-corrected chi connectivity index (χ0v) is 59.1. The van der Waals surface area contributed by atoms with Crippen molar-refractivity contribution in [3.63, 3.8) is 0 Å². The van der Waals surface area contributed by atoms with Crippen LogP contribution in [0.25, 0.3) is 0 Å². The molecular formula is C69H134O17P2. The molecule has 0 saturated heterocycles. The average Bonchev–Trinajstić information content (AvgIpc) is 3.52. The number of carbonyl (C=O) groups is 4. The van der Waals surface area contributed by atoms with E-state index < -0.39 is 97.5 Å². The van der Waals surface area contributed by atoms with Gasteiger partial charge < -0.3 is 33.8 Å². The van der Waals surface area contributed by atoms with Crippen LogP contribution in [-0.2, 0) is 65.4 Å². The molecule has 0 saturated carbocycles. The number of carbonyl (C=O) groups excluding carboxylic acids is 4. The second-order valence-electron chi connectivity index (χ2n) is 26.6. The molecule has 0 radical (unpaired) electrons. The third kappa shape index (κ3) is 61.6. The van der Waals surface area contributed by atoms with Crippen LogP contribution < -0.4 is 0 Å². The summed E-state index contributed by atoms with van der Waals surface area (Å²) in [6.45, 7) is 14.0. The van der Waals surface area contributed by atoms with Gasteiger partial charge in [-0.1, -0.05) is 287 Å². The summed E-state index contributed by atoms with van der Waals surface area (Å²) >= 11 is 0. The second kappa shape index (κ2) is 58.8. The number of aliphatic hydroxyl groups is 1. The van der Waals surface area contributed by atoms with E-state index in [-0.39, 0.29) is 25.7 Å². The third-order valence-electron chi connectivity index (χ3n) is 16.2. The Morgan fingerprint density at radius 3 is 0.807 bits per heavy atom. The third-order valence-corrected chi connectivity index (χ3v) is 18.1. The summed E-state index contributed by atoms with van der Waals surface area (Å²) in [4.78, 5) is 72.4. The summed E-state index contributed by atoms with van der Waals surface area (Å²) in [5.74, 6) is 0.815. The molecule has 88 heavy (non-hydrogen) atoms. The predicted octanol–water partition coefficient (Wildman–Crippen LogP) is 19.3. The van der Waals surface area contributed by atoms with E-state index in [4.69, 9.17) is 37.0 Å². The van der Waals surface area contributed by atoms with Crippen LogP contribution in [0, 0.1) is 23.7 Å². The lowest BCUT2D eigenvalue weighted by Gasteiger charge is -2.21. The number of rotatable bonds is 66. The van der Waals surface area contributed by atoms with Gasteiger partial charge in [0.1, 0.15) is 19.3 Å². The van der Waals surface area contributed by atoms with Crippen molar-refractivity contribution in [1.82, 2.24) is 0 Å². The van der Waals surface area contributed by atoms with Gasteiger partial charge in [-0.15, -0.1) is 0 Å². The number of phosphoric ester groups is 2. The average molecular weight is 1300 g/mol. The van der Waals surface area contributed by atoms with Gasteiger partial charge >= 0.3 is 39.5 Å². The van der Waals surface area contributed by atoms with Crippen LogP contribution >= 0.6 is 15.6 Å². The molecule has 3 N–H and O–H groups in total. The topological polar surface area (TPSA) is 237 Å². The molecule has 0 aromatic heterocycles. The lowest BCUT2D eigenvalue weighted by atomic mass is 10.00. The summed E-state index contributed by atoms with van der Waals surface area (Å²) in [7, 11) is -9.90. The van der Waals surface area contributed by atoms with Gasteiger partial charge in [0, 0.05) is 25.7 Å². The molecule has 19 heteroatoms. The van der Waals surface area contributed by atoms with Crippen molar-refractivity contribution >= 4 is 39.5 Å². The summed E-state index contributed by atoms with van der Waals surface area (Å²) in [5, 5.41) is 10.6. The molecular weight excluding hydrogens is 1160 g/mol. The summed E-state index contributed by atoms with van der Waals surface area (Å²) in [6.07, 6.45) is 40.5. The highest BCUT2D eigenvalue weighted by Gasteiger charge is 2.30. The maximum Gasteiger partial charge on any atom is 0.472 e. The fourth-order valence-electron chi connectivity index (χ4n) is 10.3. The number of phosphoric acid groups is 2. The molecule has 0 amide bonds. The fourth-order valence-corrected chi connectivity index (χ4v) is 11.9. The zero-order valence-electron chi connectivity index (χ0n) is 57.3. The quantitative estimate of drug-likeness (QED) is 0.0222. The van der Waals surface area contributed by atoms with Gasteiger partial charge in [0.25, 0.3) is 0 Å². The number of esters is 4. The van der Waals surface area contributed by atoms with Gasteiger partial charge in [-0.05, 0) is 49.4 Å². The molecule has 0 aromatic carbocycles. The summed E-state index contributed by atoms with van der Waals surface area (Å²) in [6, 6.07) is 0. The van der Waals surface area contributed by atoms with Gasteiger partial charge in [0.15, 0.2) is 12.2 Å². The highest BCUT2D eigenvalue weighted by Crippen LogP contribution is 2.45. The van der Waals surface area contributed by atoms with Crippen LogP contribution in [0.4, 0.5) is 0 Å². The zero-order chi connectivity index (χ0) is 65.4. The van der Waals surface area contributed by atoms with Crippen molar-refractivity contribution in [2.75, 3.05) is 39.6 Å². The van der Waals surface area contributed by atoms with E-state index in [0.717, 1.165) is 120 Å². The van der Waals surface area contributed by atoms with E-state index in [1.807, 2.05) is 0 Å². The largest absolute Gasteiger partial charge is 0.472 e. The first-order chi connectivity index (χ1) is 42.1. The molecule has 0 spiro atoms. The van der Waals surface area contributed by atoms with Crippen molar-refractivity contribution in [3.05, 3.63) is 0 Å². The normalized spacial score (nSPS) is 14.6. The van der Waals surface area contributed by atoms with Crippen molar-refractivity contribution in [1.29, 1.82) is 0 Å². The maximum atomic E-state index is 13.0. The van der Waals surface area contributed by atoms with E-state index in [0.29, 0.717) is 31.6 Å². The number of hydrogen-bond acceptors (Lipinski definition) is 15. The van der Waals surface area contributed by atoms with Crippen molar-refractivity contribution < 1.29 is 80.2 Å². The Bertz CT molecular complexity index is 1750. The van der Waals surface area contributed by atoms with Crippen molar-refractivity contribution in [2.24, 2.45) is 23.7 Å². The molecule has 0 heterocycles. The smallest absolute Gasteiger partial charge is 0.462 e.